The van der Waals surface area contributed by atoms with Crippen molar-refractivity contribution in [3.05, 3.63) is 60.4 Å². The van der Waals surface area contributed by atoms with Gasteiger partial charge >= 0.3 is 0 Å². The van der Waals surface area contributed by atoms with E-state index in [-0.39, 0.29) is 12.0 Å². The van der Waals surface area contributed by atoms with Gasteiger partial charge in [0.2, 0.25) is 5.91 Å². The van der Waals surface area contributed by atoms with Crippen molar-refractivity contribution in [1.29, 1.82) is 0 Å². The van der Waals surface area contributed by atoms with Gasteiger partial charge in [-0.25, -0.2) is 0 Å². The summed E-state index contributed by atoms with van der Waals surface area (Å²) in [5, 5.41) is 2.80. The summed E-state index contributed by atoms with van der Waals surface area (Å²) in [6, 6.07) is 11.1. The average Bonchev–Trinajstić information content (AvgIpc) is 2.59. The second-order valence-electron chi connectivity index (χ2n) is 4.94. The molecule has 1 aromatic carbocycles. The molecule has 1 amide bonds. The smallest absolute Gasteiger partial charge is 0.244 e. The number of aromatic nitrogens is 1. The number of ether oxygens (including phenoxy) is 2. The van der Waals surface area contributed by atoms with Gasteiger partial charge in [0.05, 0.1) is 13.7 Å². The third kappa shape index (κ3) is 5.47. The number of rotatable bonds is 7. The molecule has 2 aromatic rings. The summed E-state index contributed by atoms with van der Waals surface area (Å²) >= 11 is 0. The van der Waals surface area contributed by atoms with Crippen molar-refractivity contribution in [2.75, 3.05) is 13.7 Å². The van der Waals surface area contributed by atoms with Crippen LogP contribution in [0.25, 0.3) is 6.08 Å². The lowest BCUT2D eigenvalue weighted by atomic mass is 10.2. The van der Waals surface area contributed by atoms with Gasteiger partial charge in [-0.05, 0) is 42.8 Å². The molecule has 1 heterocycles. The van der Waals surface area contributed by atoms with Gasteiger partial charge in [-0.3, -0.25) is 9.78 Å². The van der Waals surface area contributed by atoms with Crippen LogP contribution in [-0.4, -0.2) is 30.6 Å². The summed E-state index contributed by atoms with van der Waals surface area (Å²) in [6.45, 7) is 2.29. The van der Waals surface area contributed by atoms with E-state index in [0.29, 0.717) is 18.0 Å². The first kappa shape index (κ1) is 16.5. The van der Waals surface area contributed by atoms with Crippen molar-refractivity contribution in [1.82, 2.24) is 10.3 Å². The predicted molar refractivity (Wildman–Crippen MR) is 89.4 cm³/mol. The van der Waals surface area contributed by atoms with Gasteiger partial charge < -0.3 is 14.8 Å². The van der Waals surface area contributed by atoms with E-state index in [0.717, 1.165) is 5.56 Å². The normalized spacial score (nSPS) is 11.9. The number of hydrogen-bond donors (Lipinski definition) is 1. The van der Waals surface area contributed by atoms with Crippen LogP contribution in [-0.2, 0) is 4.79 Å². The molecule has 5 nitrogen and oxygen atoms in total. The summed E-state index contributed by atoms with van der Waals surface area (Å²) < 4.78 is 11.0. The molecule has 1 N–H and O–H groups in total. The third-order valence-electron chi connectivity index (χ3n) is 3.09. The molecular weight excluding hydrogens is 292 g/mol. The average molecular weight is 312 g/mol. The first-order valence-electron chi connectivity index (χ1n) is 7.34. The molecule has 0 saturated heterocycles. The molecular formula is C18H20N2O3. The Labute approximate surface area is 136 Å². The van der Waals surface area contributed by atoms with Gasteiger partial charge in [0.15, 0.2) is 11.5 Å². The zero-order valence-corrected chi connectivity index (χ0v) is 13.2. The first-order valence-corrected chi connectivity index (χ1v) is 7.34. The fraction of sp³-hybridized carbons (Fsp3) is 0.222. The molecule has 0 fully saturated rings. The maximum atomic E-state index is 11.8. The number of carbonyl (C=O) groups is 1. The van der Waals surface area contributed by atoms with Gasteiger partial charge in [-0.1, -0.05) is 12.1 Å². The van der Waals surface area contributed by atoms with E-state index in [9.17, 15) is 4.79 Å². The summed E-state index contributed by atoms with van der Waals surface area (Å²) in [5.41, 5.74) is 0.925. The van der Waals surface area contributed by atoms with Crippen molar-refractivity contribution in [3.8, 4) is 11.5 Å². The Morgan fingerprint density at radius 3 is 2.61 bits per heavy atom. The highest BCUT2D eigenvalue weighted by atomic mass is 16.5. The van der Waals surface area contributed by atoms with Gasteiger partial charge in [-0.2, -0.15) is 0 Å². The van der Waals surface area contributed by atoms with Crippen molar-refractivity contribution >= 4 is 12.0 Å². The summed E-state index contributed by atoms with van der Waals surface area (Å²) in [5.74, 6) is 1.16. The highest BCUT2D eigenvalue weighted by molar-refractivity contribution is 5.91. The standard InChI is InChI=1S/C18H20N2O3/c1-14(23-17-6-4-3-5-16(17)22-2)13-20-18(21)8-7-15-9-11-19-12-10-15/h3-12,14H,13H2,1-2H3,(H,20,21)/b8-7+/t14-/m0/s1. The van der Waals surface area contributed by atoms with Crippen LogP contribution in [0.15, 0.2) is 54.9 Å². The molecule has 1 aromatic heterocycles. The molecule has 0 aliphatic heterocycles. The minimum atomic E-state index is -0.176. The second kappa shape index (κ2) is 8.58. The van der Waals surface area contributed by atoms with Gasteiger partial charge in [-0.15, -0.1) is 0 Å². The number of nitrogens with zero attached hydrogens (tertiary/aromatic N) is 1. The third-order valence-corrected chi connectivity index (χ3v) is 3.09. The Kier molecular flexibility index (Phi) is 6.17. The molecule has 23 heavy (non-hydrogen) atoms. The van der Waals surface area contributed by atoms with Crippen LogP contribution < -0.4 is 14.8 Å². The molecule has 120 valence electrons. The monoisotopic (exact) mass is 312 g/mol. The van der Waals surface area contributed by atoms with E-state index >= 15 is 0 Å². The van der Waals surface area contributed by atoms with Crippen molar-refractivity contribution < 1.29 is 14.3 Å². The molecule has 0 saturated carbocycles. The Balaban J connectivity index is 1.81. The topological polar surface area (TPSA) is 60.5 Å². The van der Waals surface area contributed by atoms with E-state index in [1.54, 1.807) is 25.6 Å². The lowest BCUT2D eigenvalue weighted by molar-refractivity contribution is -0.116. The van der Waals surface area contributed by atoms with E-state index in [4.69, 9.17) is 9.47 Å². The zero-order chi connectivity index (χ0) is 16.5. The summed E-state index contributed by atoms with van der Waals surface area (Å²) in [4.78, 5) is 15.7. The van der Waals surface area contributed by atoms with E-state index in [1.807, 2.05) is 43.3 Å². The van der Waals surface area contributed by atoms with Crippen molar-refractivity contribution in [3.63, 3.8) is 0 Å². The lowest BCUT2D eigenvalue weighted by Gasteiger charge is -2.16. The second-order valence-corrected chi connectivity index (χ2v) is 4.94. The summed E-state index contributed by atoms with van der Waals surface area (Å²) in [7, 11) is 1.60. The Hall–Kier alpha value is -2.82. The SMILES string of the molecule is COc1ccccc1O[C@@H](C)CNC(=O)/C=C/c1ccncc1. The first-order chi connectivity index (χ1) is 11.2. The van der Waals surface area contributed by atoms with Crippen LogP contribution in [0.3, 0.4) is 0 Å². The quantitative estimate of drug-likeness (QED) is 0.799. The molecule has 2 rings (SSSR count). The molecule has 5 heteroatoms. The molecule has 0 unspecified atom stereocenters. The van der Waals surface area contributed by atoms with Gasteiger partial charge in [0.25, 0.3) is 0 Å². The largest absolute Gasteiger partial charge is 0.493 e. The summed E-state index contributed by atoms with van der Waals surface area (Å²) in [6.07, 6.45) is 6.42. The predicted octanol–water partition coefficient (Wildman–Crippen LogP) is 2.69. The van der Waals surface area contributed by atoms with Crippen LogP contribution in [0.1, 0.15) is 12.5 Å². The Morgan fingerprint density at radius 2 is 1.91 bits per heavy atom. The number of benzene rings is 1. The molecule has 1 atom stereocenters. The van der Waals surface area contributed by atoms with Crippen LogP contribution in [0.4, 0.5) is 0 Å². The van der Waals surface area contributed by atoms with Crippen LogP contribution in [0, 0.1) is 0 Å². The zero-order valence-electron chi connectivity index (χ0n) is 13.2. The number of para-hydroxylation sites is 2. The number of nitrogens with one attached hydrogen (secondary N) is 1. The number of hydrogen-bond acceptors (Lipinski definition) is 4. The van der Waals surface area contributed by atoms with Crippen LogP contribution >= 0.6 is 0 Å². The fourth-order valence-electron chi connectivity index (χ4n) is 1.92. The van der Waals surface area contributed by atoms with Crippen molar-refractivity contribution in [2.24, 2.45) is 0 Å². The van der Waals surface area contributed by atoms with E-state index < -0.39 is 0 Å². The number of carbonyl (C=O) groups excluding carboxylic acids is 1. The van der Waals surface area contributed by atoms with Crippen molar-refractivity contribution in [2.45, 2.75) is 13.0 Å². The van der Waals surface area contributed by atoms with Crippen LogP contribution in [0.5, 0.6) is 11.5 Å². The van der Waals surface area contributed by atoms with Crippen LogP contribution in [0.2, 0.25) is 0 Å². The maximum absolute atomic E-state index is 11.8. The molecule has 0 aliphatic carbocycles. The number of amides is 1. The minimum absolute atomic E-state index is 0.169. The molecule has 0 bridgehead atoms. The Morgan fingerprint density at radius 1 is 1.22 bits per heavy atom. The molecule has 0 spiro atoms. The van der Waals surface area contributed by atoms with E-state index in [1.165, 1.54) is 6.08 Å². The highest BCUT2D eigenvalue weighted by Crippen LogP contribution is 2.26. The number of pyridine rings is 1. The molecule has 0 aliphatic rings. The highest BCUT2D eigenvalue weighted by Gasteiger charge is 2.09. The van der Waals surface area contributed by atoms with E-state index in [2.05, 4.69) is 10.3 Å². The van der Waals surface area contributed by atoms with Gasteiger partial charge in [0, 0.05) is 18.5 Å². The molecule has 0 radical (unpaired) electrons. The minimum Gasteiger partial charge on any atom is -0.493 e. The van der Waals surface area contributed by atoms with Gasteiger partial charge in [0.1, 0.15) is 6.10 Å². The fourth-order valence-corrected chi connectivity index (χ4v) is 1.92. The lowest BCUT2D eigenvalue weighted by Crippen LogP contribution is -2.32. The maximum Gasteiger partial charge on any atom is 0.244 e. The Bertz CT molecular complexity index is 656. The number of methoxy groups -OCH3 is 1.